The Bertz CT molecular complexity index is 176. The van der Waals surface area contributed by atoms with Gasteiger partial charge in [-0.15, -0.1) is 0 Å². The largest absolute Gasteiger partial charge is 0.390 e. The smallest absolute Gasteiger partial charge is 0.0942 e. The second kappa shape index (κ2) is 6.61. The molecule has 0 aliphatic heterocycles. The Labute approximate surface area is 100 Å². The molecule has 1 saturated carbocycles. The number of hydrogen-bond donors (Lipinski definition) is 1. The SMILES string of the molecule is CCOC1(C(O)C(CC)CC)CCCCC1. The molecule has 0 aromatic rings. The molecule has 0 amide bonds. The Hall–Kier alpha value is -0.0800. The van der Waals surface area contributed by atoms with Crippen molar-refractivity contribution in [1.82, 2.24) is 0 Å². The minimum atomic E-state index is -0.275. The normalized spacial score (nSPS) is 22.3. The van der Waals surface area contributed by atoms with Gasteiger partial charge in [0.05, 0.1) is 11.7 Å². The third-order valence-corrected chi connectivity index (χ3v) is 4.17. The highest BCUT2D eigenvalue weighted by molar-refractivity contribution is 4.93. The Morgan fingerprint density at radius 2 is 1.62 bits per heavy atom. The van der Waals surface area contributed by atoms with Crippen LogP contribution in [0.2, 0.25) is 0 Å². The van der Waals surface area contributed by atoms with E-state index in [1.807, 2.05) is 6.92 Å². The summed E-state index contributed by atoms with van der Waals surface area (Å²) in [5, 5.41) is 10.6. The lowest BCUT2D eigenvalue weighted by molar-refractivity contribution is -0.157. The van der Waals surface area contributed by atoms with Gasteiger partial charge in [0.25, 0.3) is 0 Å². The van der Waals surface area contributed by atoms with E-state index in [1.54, 1.807) is 0 Å². The highest BCUT2D eigenvalue weighted by Crippen LogP contribution is 2.38. The van der Waals surface area contributed by atoms with Gasteiger partial charge in [0.1, 0.15) is 0 Å². The molecule has 96 valence electrons. The van der Waals surface area contributed by atoms with Gasteiger partial charge in [0.2, 0.25) is 0 Å². The lowest BCUT2D eigenvalue weighted by Gasteiger charge is -2.43. The summed E-state index contributed by atoms with van der Waals surface area (Å²) >= 11 is 0. The van der Waals surface area contributed by atoms with Crippen LogP contribution in [0.1, 0.15) is 65.7 Å². The monoisotopic (exact) mass is 228 g/mol. The minimum absolute atomic E-state index is 0.232. The van der Waals surface area contributed by atoms with Crippen LogP contribution in [0.25, 0.3) is 0 Å². The van der Waals surface area contributed by atoms with E-state index in [0.29, 0.717) is 5.92 Å². The Morgan fingerprint density at radius 1 is 1.06 bits per heavy atom. The molecule has 0 saturated heterocycles. The van der Waals surface area contributed by atoms with E-state index in [2.05, 4.69) is 13.8 Å². The Balaban J connectivity index is 2.73. The van der Waals surface area contributed by atoms with E-state index >= 15 is 0 Å². The van der Waals surface area contributed by atoms with Crippen molar-refractivity contribution in [2.75, 3.05) is 6.61 Å². The lowest BCUT2D eigenvalue weighted by atomic mass is 9.75. The molecular weight excluding hydrogens is 200 g/mol. The Morgan fingerprint density at radius 3 is 2.06 bits per heavy atom. The van der Waals surface area contributed by atoms with E-state index in [4.69, 9.17) is 4.74 Å². The number of aliphatic hydroxyl groups excluding tert-OH is 1. The third kappa shape index (κ3) is 2.98. The molecule has 0 spiro atoms. The van der Waals surface area contributed by atoms with Crippen LogP contribution in [0.5, 0.6) is 0 Å². The summed E-state index contributed by atoms with van der Waals surface area (Å²) in [6.45, 7) is 7.09. The lowest BCUT2D eigenvalue weighted by Crippen LogP contribution is -2.50. The van der Waals surface area contributed by atoms with E-state index in [9.17, 15) is 5.11 Å². The second-order valence-electron chi connectivity index (χ2n) is 5.08. The van der Waals surface area contributed by atoms with Crippen LogP contribution >= 0.6 is 0 Å². The molecule has 1 aliphatic rings. The van der Waals surface area contributed by atoms with Gasteiger partial charge in [-0.1, -0.05) is 46.0 Å². The first-order valence-electron chi connectivity index (χ1n) is 7.02. The average molecular weight is 228 g/mol. The van der Waals surface area contributed by atoms with Crippen LogP contribution in [0.4, 0.5) is 0 Å². The molecule has 1 atom stereocenters. The average Bonchev–Trinajstić information content (AvgIpc) is 2.32. The van der Waals surface area contributed by atoms with Crippen molar-refractivity contribution in [2.24, 2.45) is 5.92 Å². The van der Waals surface area contributed by atoms with Crippen LogP contribution in [0.3, 0.4) is 0 Å². The first kappa shape index (κ1) is 14.0. The molecule has 1 rings (SSSR count). The summed E-state index contributed by atoms with van der Waals surface area (Å²) in [7, 11) is 0. The van der Waals surface area contributed by atoms with Crippen LogP contribution in [0, 0.1) is 5.92 Å². The predicted molar refractivity (Wildman–Crippen MR) is 67.5 cm³/mol. The second-order valence-corrected chi connectivity index (χ2v) is 5.08. The van der Waals surface area contributed by atoms with Crippen LogP contribution in [0.15, 0.2) is 0 Å². The molecule has 0 aromatic heterocycles. The maximum absolute atomic E-state index is 10.6. The van der Waals surface area contributed by atoms with Gasteiger partial charge in [-0.25, -0.2) is 0 Å². The van der Waals surface area contributed by atoms with Crippen LogP contribution in [-0.4, -0.2) is 23.4 Å². The predicted octanol–water partition coefficient (Wildman–Crippen LogP) is 3.52. The zero-order valence-electron chi connectivity index (χ0n) is 11.2. The van der Waals surface area contributed by atoms with Gasteiger partial charge < -0.3 is 9.84 Å². The summed E-state index contributed by atoms with van der Waals surface area (Å²) in [5.41, 5.74) is -0.232. The van der Waals surface area contributed by atoms with Crippen molar-refractivity contribution in [1.29, 1.82) is 0 Å². The van der Waals surface area contributed by atoms with E-state index in [1.165, 1.54) is 19.3 Å². The molecule has 1 N–H and O–H groups in total. The molecule has 1 unspecified atom stereocenters. The summed E-state index contributed by atoms with van der Waals surface area (Å²) in [6.07, 6.45) is 7.61. The highest BCUT2D eigenvalue weighted by Gasteiger charge is 2.42. The first-order valence-corrected chi connectivity index (χ1v) is 7.02. The zero-order chi connectivity index (χ0) is 12.0. The highest BCUT2D eigenvalue weighted by atomic mass is 16.5. The number of rotatable bonds is 6. The molecule has 16 heavy (non-hydrogen) atoms. The van der Waals surface area contributed by atoms with E-state index in [0.717, 1.165) is 32.3 Å². The molecular formula is C14H28O2. The molecule has 1 fully saturated rings. The minimum Gasteiger partial charge on any atom is -0.390 e. The number of aliphatic hydroxyl groups is 1. The van der Waals surface area contributed by atoms with Crippen LogP contribution < -0.4 is 0 Å². The summed E-state index contributed by atoms with van der Waals surface area (Å²) in [5.74, 6) is 0.393. The molecule has 1 aliphatic carbocycles. The van der Waals surface area contributed by atoms with E-state index < -0.39 is 0 Å². The van der Waals surface area contributed by atoms with Crippen molar-refractivity contribution >= 4 is 0 Å². The van der Waals surface area contributed by atoms with Crippen molar-refractivity contribution in [3.05, 3.63) is 0 Å². The fourth-order valence-corrected chi connectivity index (χ4v) is 3.13. The quantitative estimate of drug-likeness (QED) is 0.753. The standard InChI is InChI=1S/C14H28O2/c1-4-12(5-2)13(15)14(16-6-3)10-8-7-9-11-14/h12-13,15H,4-11H2,1-3H3. The molecule has 0 aromatic carbocycles. The maximum Gasteiger partial charge on any atom is 0.0942 e. The van der Waals surface area contributed by atoms with Gasteiger partial charge in [0, 0.05) is 6.61 Å². The van der Waals surface area contributed by atoms with Crippen LogP contribution in [-0.2, 0) is 4.74 Å². The fourth-order valence-electron chi connectivity index (χ4n) is 3.13. The molecule has 0 radical (unpaired) electrons. The zero-order valence-corrected chi connectivity index (χ0v) is 11.2. The van der Waals surface area contributed by atoms with Crippen molar-refractivity contribution in [3.63, 3.8) is 0 Å². The summed E-state index contributed by atoms with van der Waals surface area (Å²) in [6, 6.07) is 0. The number of hydrogen-bond acceptors (Lipinski definition) is 2. The summed E-state index contributed by atoms with van der Waals surface area (Å²) in [4.78, 5) is 0. The maximum atomic E-state index is 10.6. The van der Waals surface area contributed by atoms with Gasteiger partial charge in [0.15, 0.2) is 0 Å². The van der Waals surface area contributed by atoms with Gasteiger partial charge >= 0.3 is 0 Å². The fraction of sp³-hybridized carbons (Fsp3) is 1.00. The van der Waals surface area contributed by atoms with Gasteiger partial charge in [-0.2, -0.15) is 0 Å². The van der Waals surface area contributed by atoms with E-state index in [-0.39, 0.29) is 11.7 Å². The topological polar surface area (TPSA) is 29.5 Å². The van der Waals surface area contributed by atoms with Gasteiger partial charge in [-0.3, -0.25) is 0 Å². The molecule has 0 bridgehead atoms. The molecule has 0 heterocycles. The summed E-state index contributed by atoms with van der Waals surface area (Å²) < 4.78 is 5.97. The number of ether oxygens (including phenoxy) is 1. The third-order valence-electron chi connectivity index (χ3n) is 4.17. The van der Waals surface area contributed by atoms with Crippen molar-refractivity contribution in [3.8, 4) is 0 Å². The first-order chi connectivity index (χ1) is 7.70. The Kier molecular flexibility index (Phi) is 5.77. The van der Waals surface area contributed by atoms with Gasteiger partial charge in [-0.05, 0) is 25.7 Å². The van der Waals surface area contributed by atoms with Crippen molar-refractivity contribution < 1.29 is 9.84 Å². The van der Waals surface area contributed by atoms with Crippen molar-refractivity contribution in [2.45, 2.75) is 77.4 Å². The molecule has 2 nitrogen and oxygen atoms in total. The molecule has 2 heteroatoms.